The van der Waals surface area contributed by atoms with E-state index >= 15 is 0 Å². The molecule has 1 aromatic rings. The third kappa shape index (κ3) is 11.0. The van der Waals surface area contributed by atoms with Crippen LogP contribution in [-0.4, -0.2) is 22.4 Å². The quantitative estimate of drug-likeness (QED) is 0.503. The summed E-state index contributed by atoms with van der Waals surface area (Å²) in [6.07, 6.45) is 17.4. The number of hydrogen-bond donors (Lipinski definition) is 2. The molecule has 1 aromatic heterocycles. The van der Waals surface area contributed by atoms with Gasteiger partial charge in [-0.3, -0.25) is 4.79 Å². The SMILES string of the molecule is CCCCCCCCCCCC(=O)NCCCc1cnc(N)nc1. The van der Waals surface area contributed by atoms with Crippen LogP contribution in [0.1, 0.15) is 83.1 Å². The Labute approximate surface area is 146 Å². The van der Waals surface area contributed by atoms with Crippen LogP contribution in [0.5, 0.6) is 0 Å². The number of aryl methyl sites for hydroxylation is 1. The zero-order valence-electron chi connectivity index (χ0n) is 15.2. The number of nitrogens with two attached hydrogens (primary N) is 1. The number of nitrogens with zero attached hydrogens (tertiary/aromatic N) is 2. The number of nitrogen functional groups attached to an aromatic ring is 1. The Kier molecular flexibility index (Phi) is 11.7. The molecule has 0 aliphatic rings. The number of hydrogen-bond acceptors (Lipinski definition) is 4. The Morgan fingerprint density at radius 3 is 2.17 bits per heavy atom. The molecule has 0 aliphatic carbocycles. The molecule has 0 spiro atoms. The first-order valence-electron chi connectivity index (χ1n) is 9.55. The van der Waals surface area contributed by atoms with Gasteiger partial charge in [0, 0.05) is 25.4 Å². The smallest absolute Gasteiger partial charge is 0.219 e. The van der Waals surface area contributed by atoms with Crippen molar-refractivity contribution >= 4 is 11.9 Å². The van der Waals surface area contributed by atoms with Crippen LogP contribution in [0.15, 0.2) is 12.4 Å². The van der Waals surface area contributed by atoms with Crippen molar-refractivity contribution in [2.24, 2.45) is 0 Å². The lowest BCUT2D eigenvalue weighted by atomic mass is 10.1. The number of unbranched alkanes of at least 4 members (excludes halogenated alkanes) is 8. The van der Waals surface area contributed by atoms with Gasteiger partial charge in [0.1, 0.15) is 0 Å². The molecular weight excluding hydrogens is 300 g/mol. The van der Waals surface area contributed by atoms with Crippen molar-refractivity contribution in [3.8, 4) is 0 Å². The van der Waals surface area contributed by atoms with Gasteiger partial charge in [-0.1, -0.05) is 58.3 Å². The lowest BCUT2D eigenvalue weighted by Crippen LogP contribution is -2.24. The summed E-state index contributed by atoms with van der Waals surface area (Å²) in [6.45, 7) is 2.96. The number of nitrogens with one attached hydrogen (secondary N) is 1. The molecule has 5 heteroatoms. The lowest BCUT2D eigenvalue weighted by Gasteiger charge is -2.05. The van der Waals surface area contributed by atoms with E-state index in [1.807, 2.05) is 0 Å². The molecule has 0 saturated heterocycles. The topological polar surface area (TPSA) is 80.9 Å². The summed E-state index contributed by atoms with van der Waals surface area (Å²) >= 11 is 0. The van der Waals surface area contributed by atoms with Gasteiger partial charge in [-0.15, -0.1) is 0 Å². The van der Waals surface area contributed by atoms with E-state index < -0.39 is 0 Å². The van der Waals surface area contributed by atoms with Crippen molar-refractivity contribution in [2.45, 2.75) is 84.0 Å². The first-order chi connectivity index (χ1) is 11.7. The van der Waals surface area contributed by atoms with Gasteiger partial charge in [-0.2, -0.15) is 0 Å². The number of carbonyl (C=O) groups is 1. The van der Waals surface area contributed by atoms with Gasteiger partial charge in [-0.25, -0.2) is 9.97 Å². The van der Waals surface area contributed by atoms with Crippen molar-refractivity contribution in [3.63, 3.8) is 0 Å². The average Bonchev–Trinajstić information content (AvgIpc) is 2.59. The Bertz CT molecular complexity index is 433. The van der Waals surface area contributed by atoms with E-state index in [9.17, 15) is 4.79 Å². The second kappa shape index (κ2) is 13.8. The number of amides is 1. The van der Waals surface area contributed by atoms with Gasteiger partial charge in [0.2, 0.25) is 11.9 Å². The normalized spacial score (nSPS) is 10.7. The van der Waals surface area contributed by atoms with Crippen LogP contribution < -0.4 is 11.1 Å². The summed E-state index contributed by atoms with van der Waals surface area (Å²) in [6, 6.07) is 0. The van der Waals surface area contributed by atoms with Crippen molar-refractivity contribution < 1.29 is 4.79 Å². The highest BCUT2D eigenvalue weighted by atomic mass is 16.1. The maximum Gasteiger partial charge on any atom is 0.219 e. The van der Waals surface area contributed by atoms with E-state index in [1.54, 1.807) is 12.4 Å². The summed E-state index contributed by atoms with van der Waals surface area (Å²) in [5.41, 5.74) is 6.50. The molecule has 0 unspecified atom stereocenters. The maximum absolute atomic E-state index is 11.8. The fourth-order valence-electron chi connectivity index (χ4n) is 2.70. The predicted molar refractivity (Wildman–Crippen MR) is 99.6 cm³/mol. The molecule has 0 aromatic carbocycles. The zero-order valence-corrected chi connectivity index (χ0v) is 15.2. The standard InChI is InChI=1S/C19H34N4O/c1-2-3-4-5-6-7-8-9-10-13-18(24)21-14-11-12-17-15-22-19(20)23-16-17/h15-16H,2-14H2,1H3,(H,21,24)(H2,20,22,23). The fourth-order valence-corrected chi connectivity index (χ4v) is 2.70. The molecule has 1 heterocycles. The maximum atomic E-state index is 11.8. The highest BCUT2D eigenvalue weighted by Crippen LogP contribution is 2.10. The molecule has 1 amide bonds. The van der Waals surface area contributed by atoms with Gasteiger partial charge in [0.15, 0.2) is 0 Å². The minimum atomic E-state index is 0.173. The third-order valence-corrected chi connectivity index (χ3v) is 4.20. The molecular formula is C19H34N4O. The fraction of sp³-hybridized carbons (Fsp3) is 0.737. The van der Waals surface area contributed by atoms with E-state index in [1.165, 1.54) is 51.4 Å². The highest BCUT2D eigenvalue weighted by Gasteiger charge is 2.01. The molecule has 5 nitrogen and oxygen atoms in total. The Balaban J connectivity index is 1.88. The number of rotatable bonds is 14. The molecule has 0 aliphatic heterocycles. The molecule has 1 rings (SSSR count). The Hall–Kier alpha value is -1.65. The van der Waals surface area contributed by atoms with Crippen LogP contribution in [-0.2, 0) is 11.2 Å². The zero-order chi connectivity index (χ0) is 17.5. The summed E-state index contributed by atoms with van der Waals surface area (Å²) in [5.74, 6) is 0.472. The number of carbonyl (C=O) groups excluding carboxylic acids is 1. The van der Waals surface area contributed by atoms with Gasteiger partial charge in [0.25, 0.3) is 0 Å². The molecule has 0 radical (unpaired) electrons. The third-order valence-electron chi connectivity index (χ3n) is 4.20. The number of aromatic nitrogens is 2. The molecule has 0 saturated carbocycles. The van der Waals surface area contributed by atoms with Gasteiger partial charge in [-0.05, 0) is 24.8 Å². The van der Waals surface area contributed by atoms with Crippen LogP contribution in [0, 0.1) is 0 Å². The van der Waals surface area contributed by atoms with Gasteiger partial charge >= 0.3 is 0 Å². The van der Waals surface area contributed by atoms with E-state index in [4.69, 9.17) is 5.73 Å². The summed E-state index contributed by atoms with van der Waals surface area (Å²) in [7, 11) is 0. The first kappa shape index (κ1) is 20.4. The predicted octanol–water partition coefficient (Wildman–Crippen LogP) is 4.03. The van der Waals surface area contributed by atoms with Crippen molar-refractivity contribution in [2.75, 3.05) is 12.3 Å². The van der Waals surface area contributed by atoms with Crippen LogP contribution >= 0.6 is 0 Å². The van der Waals surface area contributed by atoms with E-state index in [0.717, 1.165) is 24.8 Å². The summed E-state index contributed by atoms with van der Waals surface area (Å²) in [5, 5.41) is 2.99. The minimum Gasteiger partial charge on any atom is -0.368 e. The molecule has 136 valence electrons. The van der Waals surface area contributed by atoms with Gasteiger partial charge < -0.3 is 11.1 Å². The van der Waals surface area contributed by atoms with Gasteiger partial charge in [0.05, 0.1) is 0 Å². The summed E-state index contributed by atoms with van der Waals surface area (Å²) < 4.78 is 0. The molecule has 0 bridgehead atoms. The van der Waals surface area contributed by atoms with Crippen molar-refractivity contribution in [1.82, 2.24) is 15.3 Å². The molecule has 24 heavy (non-hydrogen) atoms. The summed E-state index contributed by atoms with van der Waals surface area (Å²) in [4.78, 5) is 19.7. The van der Waals surface area contributed by atoms with Crippen LogP contribution in [0.4, 0.5) is 5.95 Å². The van der Waals surface area contributed by atoms with Crippen molar-refractivity contribution in [1.29, 1.82) is 0 Å². The van der Waals surface area contributed by atoms with Crippen molar-refractivity contribution in [3.05, 3.63) is 18.0 Å². The van der Waals surface area contributed by atoms with Crippen LogP contribution in [0.25, 0.3) is 0 Å². The first-order valence-corrected chi connectivity index (χ1v) is 9.55. The molecule has 0 atom stereocenters. The monoisotopic (exact) mass is 334 g/mol. The van der Waals surface area contributed by atoms with Crippen LogP contribution in [0.2, 0.25) is 0 Å². The average molecular weight is 335 g/mol. The van der Waals surface area contributed by atoms with E-state index in [0.29, 0.717) is 18.9 Å². The highest BCUT2D eigenvalue weighted by molar-refractivity contribution is 5.75. The second-order valence-electron chi connectivity index (χ2n) is 6.48. The number of anilines is 1. The molecule has 3 N–H and O–H groups in total. The molecule has 0 fully saturated rings. The van der Waals surface area contributed by atoms with Crippen LogP contribution in [0.3, 0.4) is 0 Å². The van der Waals surface area contributed by atoms with E-state index in [-0.39, 0.29) is 5.91 Å². The lowest BCUT2D eigenvalue weighted by molar-refractivity contribution is -0.121. The Morgan fingerprint density at radius 1 is 0.958 bits per heavy atom. The second-order valence-corrected chi connectivity index (χ2v) is 6.48. The minimum absolute atomic E-state index is 0.173. The largest absolute Gasteiger partial charge is 0.368 e. The van der Waals surface area contributed by atoms with E-state index in [2.05, 4.69) is 22.2 Å². The Morgan fingerprint density at radius 2 is 1.54 bits per heavy atom.